The molecule has 0 saturated carbocycles. The van der Waals surface area contributed by atoms with E-state index in [1.165, 1.54) is 31.2 Å². The van der Waals surface area contributed by atoms with Crippen LogP contribution in [0.4, 0.5) is 5.69 Å². The highest BCUT2D eigenvalue weighted by Gasteiger charge is 2.16. The van der Waals surface area contributed by atoms with E-state index in [1.54, 1.807) is 0 Å². The molecule has 0 aromatic heterocycles. The quantitative estimate of drug-likeness (QED) is 0.269. The fourth-order valence-electron chi connectivity index (χ4n) is 1.74. The van der Waals surface area contributed by atoms with Gasteiger partial charge in [0.05, 0.1) is 10.7 Å². The number of ether oxygens (including phenoxy) is 1. The van der Waals surface area contributed by atoms with Gasteiger partial charge in [-0.25, -0.2) is 0 Å². The lowest BCUT2D eigenvalue weighted by Gasteiger charge is -2.13. The third kappa shape index (κ3) is 7.97. The first-order valence-electron chi connectivity index (χ1n) is 7.93. The summed E-state index contributed by atoms with van der Waals surface area (Å²) in [6, 6.07) is 5.01. The molecule has 142 valence electrons. The monoisotopic (exact) mass is 383 g/mol. The highest BCUT2D eigenvalue weighted by molar-refractivity contribution is 8.00. The van der Waals surface area contributed by atoms with Crippen molar-refractivity contribution in [2.75, 3.05) is 18.9 Å². The first kappa shape index (κ1) is 21.4. The lowest BCUT2D eigenvalue weighted by molar-refractivity contribution is -0.384. The summed E-state index contributed by atoms with van der Waals surface area (Å²) in [5.74, 6) is -1.53. The molecule has 0 fully saturated rings. The lowest BCUT2D eigenvalue weighted by atomic mass is 10.3. The van der Waals surface area contributed by atoms with E-state index in [9.17, 15) is 24.5 Å². The van der Waals surface area contributed by atoms with Crippen molar-refractivity contribution >= 4 is 35.2 Å². The maximum Gasteiger partial charge on any atom is 0.316 e. The van der Waals surface area contributed by atoms with Crippen LogP contribution in [0, 0.1) is 10.1 Å². The Kier molecular flexibility index (Phi) is 9.13. The molecule has 2 amide bonds. The summed E-state index contributed by atoms with van der Waals surface area (Å²) in [5.41, 5.74) is -0.0364. The Balaban J connectivity index is 2.29. The number of thioether (sulfide) groups is 1. The molecule has 0 saturated heterocycles. The second-order valence-electron chi connectivity index (χ2n) is 5.28. The highest BCUT2D eigenvalue weighted by Crippen LogP contribution is 2.21. The van der Waals surface area contributed by atoms with Crippen LogP contribution in [0.15, 0.2) is 29.2 Å². The molecule has 2 N–H and O–H groups in total. The minimum atomic E-state index is -0.720. The zero-order chi connectivity index (χ0) is 19.5. The summed E-state index contributed by atoms with van der Waals surface area (Å²) >= 11 is 1.14. The number of esters is 1. The predicted molar refractivity (Wildman–Crippen MR) is 95.7 cm³/mol. The Labute approximate surface area is 155 Å². The molecular weight excluding hydrogens is 362 g/mol. The molecule has 0 radical (unpaired) electrons. The minimum absolute atomic E-state index is 0.0364. The smallest absolute Gasteiger partial charge is 0.316 e. The number of hydrogen-bond acceptors (Lipinski definition) is 7. The van der Waals surface area contributed by atoms with Crippen LogP contribution in [0.3, 0.4) is 0 Å². The summed E-state index contributed by atoms with van der Waals surface area (Å²) in [7, 11) is 0. The number of non-ortho nitro benzene ring substituents is 1. The summed E-state index contributed by atoms with van der Waals surface area (Å²) in [5, 5.41) is 15.6. The van der Waals surface area contributed by atoms with Gasteiger partial charge < -0.3 is 15.4 Å². The zero-order valence-electron chi connectivity index (χ0n) is 14.5. The van der Waals surface area contributed by atoms with Gasteiger partial charge in [0.1, 0.15) is 6.04 Å². The molecule has 1 atom stereocenters. The molecule has 26 heavy (non-hydrogen) atoms. The number of carbonyl (C=O) groups is 3. The van der Waals surface area contributed by atoms with E-state index in [-0.39, 0.29) is 17.3 Å². The number of benzene rings is 1. The van der Waals surface area contributed by atoms with Crippen molar-refractivity contribution in [1.82, 2.24) is 10.6 Å². The van der Waals surface area contributed by atoms with Crippen molar-refractivity contribution in [3.63, 3.8) is 0 Å². The standard InChI is InChI=1S/C16H21N3O6S/c1-3-8-17-16(22)11(2)18-14(20)9-25-15(21)10-26-13-6-4-12(5-7-13)19(23)24/h4-7,11H,3,8-10H2,1-2H3,(H,17,22)(H,18,20)/t11-/m0/s1. The number of nitro benzene ring substituents is 1. The fourth-order valence-corrected chi connectivity index (χ4v) is 2.44. The van der Waals surface area contributed by atoms with Gasteiger partial charge in [-0.15, -0.1) is 11.8 Å². The Morgan fingerprint density at radius 1 is 1.27 bits per heavy atom. The maximum absolute atomic E-state index is 11.7. The first-order chi connectivity index (χ1) is 12.3. The van der Waals surface area contributed by atoms with Gasteiger partial charge >= 0.3 is 5.97 Å². The minimum Gasteiger partial charge on any atom is -0.455 e. The number of carbonyl (C=O) groups excluding carboxylic acids is 3. The fraction of sp³-hybridized carbons (Fsp3) is 0.438. The molecule has 0 bridgehead atoms. The topological polar surface area (TPSA) is 128 Å². The summed E-state index contributed by atoms with van der Waals surface area (Å²) in [6.45, 7) is 3.49. The van der Waals surface area contributed by atoms with Crippen molar-refractivity contribution < 1.29 is 24.0 Å². The molecule has 0 aliphatic heterocycles. The van der Waals surface area contributed by atoms with Crippen LogP contribution in [0.5, 0.6) is 0 Å². The summed E-state index contributed by atoms with van der Waals surface area (Å²) in [6.07, 6.45) is 0.788. The average Bonchev–Trinajstić information content (AvgIpc) is 2.62. The van der Waals surface area contributed by atoms with Gasteiger partial charge in [-0.2, -0.15) is 0 Å². The van der Waals surface area contributed by atoms with Crippen LogP contribution in [0.1, 0.15) is 20.3 Å². The van der Waals surface area contributed by atoms with Crippen LogP contribution in [-0.2, 0) is 19.1 Å². The third-order valence-corrected chi connectivity index (χ3v) is 4.07. The Morgan fingerprint density at radius 2 is 1.92 bits per heavy atom. The van der Waals surface area contributed by atoms with Crippen LogP contribution in [0.2, 0.25) is 0 Å². The first-order valence-corrected chi connectivity index (χ1v) is 8.92. The van der Waals surface area contributed by atoms with E-state index in [0.717, 1.165) is 18.2 Å². The molecule has 10 heteroatoms. The highest BCUT2D eigenvalue weighted by atomic mass is 32.2. The Hall–Kier alpha value is -2.62. The second kappa shape index (κ2) is 11.1. The van der Waals surface area contributed by atoms with Gasteiger partial charge in [-0.3, -0.25) is 24.5 Å². The van der Waals surface area contributed by atoms with E-state index in [0.29, 0.717) is 11.4 Å². The average molecular weight is 383 g/mol. The van der Waals surface area contributed by atoms with Gasteiger partial charge in [0, 0.05) is 23.6 Å². The number of nitrogens with zero attached hydrogens (tertiary/aromatic N) is 1. The number of nitro groups is 1. The van der Waals surface area contributed by atoms with E-state index in [1.807, 2.05) is 6.92 Å². The van der Waals surface area contributed by atoms with Crippen LogP contribution < -0.4 is 10.6 Å². The number of amides is 2. The maximum atomic E-state index is 11.7. The van der Waals surface area contributed by atoms with Crippen LogP contribution in [-0.4, -0.2) is 47.7 Å². The number of rotatable bonds is 10. The van der Waals surface area contributed by atoms with Gasteiger partial charge in [0.25, 0.3) is 11.6 Å². The molecule has 0 heterocycles. The normalized spacial score (nSPS) is 11.3. The summed E-state index contributed by atoms with van der Waals surface area (Å²) in [4.78, 5) is 45.7. The van der Waals surface area contributed by atoms with Crippen molar-refractivity contribution in [1.29, 1.82) is 0 Å². The molecule has 0 spiro atoms. The van der Waals surface area contributed by atoms with Crippen molar-refractivity contribution in [2.24, 2.45) is 0 Å². The SMILES string of the molecule is CCCNC(=O)[C@H](C)NC(=O)COC(=O)CSc1ccc([N+](=O)[O-])cc1. The van der Waals surface area contributed by atoms with Gasteiger partial charge in [-0.1, -0.05) is 6.92 Å². The Bertz CT molecular complexity index is 650. The molecule has 9 nitrogen and oxygen atoms in total. The van der Waals surface area contributed by atoms with Gasteiger partial charge in [0.15, 0.2) is 6.61 Å². The van der Waals surface area contributed by atoms with E-state index >= 15 is 0 Å². The van der Waals surface area contributed by atoms with Crippen molar-refractivity contribution in [2.45, 2.75) is 31.2 Å². The van der Waals surface area contributed by atoms with Crippen molar-refractivity contribution in [3.05, 3.63) is 34.4 Å². The summed E-state index contributed by atoms with van der Waals surface area (Å²) < 4.78 is 4.84. The number of hydrogen-bond donors (Lipinski definition) is 2. The number of nitrogens with one attached hydrogen (secondary N) is 2. The molecule has 0 aliphatic carbocycles. The molecular formula is C16H21N3O6S. The lowest BCUT2D eigenvalue weighted by Crippen LogP contribution is -2.46. The van der Waals surface area contributed by atoms with Gasteiger partial charge in [-0.05, 0) is 25.5 Å². The largest absolute Gasteiger partial charge is 0.455 e. The molecule has 1 aromatic rings. The third-order valence-electron chi connectivity index (χ3n) is 3.09. The van der Waals surface area contributed by atoms with E-state index < -0.39 is 29.4 Å². The molecule has 1 aromatic carbocycles. The van der Waals surface area contributed by atoms with Gasteiger partial charge in [0.2, 0.25) is 5.91 Å². The van der Waals surface area contributed by atoms with Crippen LogP contribution >= 0.6 is 11.8 Å². The van der Waals surface area contributed by atoms with E-state index in [4.69, 9.17) is 4.74 Å². The molecule has 0 unspecified atom stereocenters. The van der Waals surface area contributed by atoms with Crippen LogP contribution in [0.25, 0.3) is 0 Å². The molecule has 0 aliphatic rings. The van der Waals surface area contributed by atoms with E-state index in [2.05, 4.69) is 10.6 Å². The zero-order valence-corrected chi connectivity index (χ0v) is 15.3. The molecule has 1 rings (SSSR count). The predicted octanol–water partition coefficient (Wildman–Crippen LogP) is 1.26. The second-order valence-corrected chi connectivity index (χ2v) is 6.33. The Morgan fingerprint density at radius 3 is 2.50 bits per heavy atom. The van der Waals surface area contributed by atoms with Crippen molar-refractivity contribution in [3.8, 4) is 0 Å².